The van der Waals surface area contributed by atoms with Crippen LogP contribution < -0.4 is 0 Å². The molecule has 0 aromatic heterocycles. The highest BCUT2D eigenvalue weighted by atomic mass is 32.2. The van der Waals surface area contributed by atoms with Gasteiger partial charge in [0.1, 0.15) is 0 Å². The van der Waals surface area contributed by atoms with E-state index in [1.54, 1.807) is 6.92 Å². The summed E-state index contributed by atoms with van der Waals surface area (Å²) < 4.78 is 4.78. The van der Waals surface area contributed by atoms with Gasteiger partial charge in [-0.3, -0.25) is 19.2 Å². The van der Waals surface area contributed by atoms with Gasteiger partial charge in [-0.1, -0.05) is 11.8 Å². The molecule has 0 aromatic rings. The molecule has 2 N–H and O–H groups in total. The summed E-state index contributed by atoms with van der Waals surface area (Å²) in [5, 5.41) is 17.1. The van der Waals surface area contributed by atoms with E-state index in [-0.39, 0.29) is 29.8 Å². The molecule has 0 radical (unpaired) electrons. The van der Waals surface area contributed by atoms with E-state index in [0.717, 1.165) is 12.2 Å². The van der Waals surface area contributed by atoms with Crippen molar-refractivity contribution in [2.45, 2.75) is 45.4 Å². The topological polar surface area (TPSA) is 118 Å². The van der Waals surface area contributed by atoms with Crippen molar-refractivity contribution in [3.63, 3.8) is 0 Å². The molecule has 144 valence electrons. The van der Waals surface area contributed by atoms with E-state index in [1.165, 1.54) is 11.8 Å². The largest absolute Gasteiger partial charge is 0.481 e. The number of carbonyl (C=O) groups is 4. The first-order valence-corrected chi connectivity index (χ1v) is 9.81. The summed E-state index contributed by atoms with van der Waals surface area (Å²) in [7, 11) is 0. The Kier molecular flexibility index (Phi) is 13.3. The summed E-state index contributed by atoms with van der Waals surface area (Å²) in [6.45, 7) is 2.21. The predicted molar refractivity (Wildman–Crippen MR) is 97.9 cm³/mol. The van der Waals surface area contributed by atoms with Gasteiger partial charge in [-0.2, -0.15) is 12.6 Å². The molecule has 1 aliphatic heterocycles. The number of carboxylic acid groups (broad SMARTS) is 2. The Morgan fingerprint density at radius 3 is 2.40 bits per heavy atom. The molecule has 0 aliphatic carbocycles. The number of hydrogen-bond donors (Lipinski definition) is 3. The minimum Gasteiger partial charge on any atom is -0.481 e. The molecule has 0 saturated carbocycles. The molecule has 0 bridgehead atoms. The highest BCUT2D eigenvalue weighted by Crippen LogP contribution is 2.28. The van der Waals surface area contributed by atoms with Crippen LogP contribution in [0.25, 0.3) is 0 Å². The maximum absolute atomic E-state index is 11.2. The van der Waals surface area contributed by atoms with Crippen molar-refractivity contribution in [1.82, 2.24) is 0 Å². The monoisotopic (exact) mass is 394 g/mol. The average molecular weight is 395 g/mol. The summed E-state index contributed by atoms with van der Waals surface area (Å²) in [5.74, 6) is -1.19. The van der Waals surface area contributed by atoms with Gasteiger partial charge in [-0.05, 0) is 38.4 Å². The van der Waals surface area contributed by atoms with Gasteiger partial charge in [0.2, 0.25) is 0 Å². The second-order valence-corrected chi connectivity index (χ2v) is 7.02. The zero-order chi connectivity index (χ0) is 19.2. The lowest BCUT2D eigenvalue weighted by Gasteiger charge is -2.07. The van der Waals surface area contributed by atoms with Crippen LogP contribution in [-0.4, -0.2) is 51.3 Å². The minimum atomic E-state index is -0.958. The number of aliphatic carboxylic acids is 2. The van der Waals surface area contributed by atoms with Crippen LogP contribution in [0.3, 0.4) is 0 Å². The summed E-state index contributed by atoms with van der Waals surface area (Å²) >= 11 is 5.27. The molecule has 2 atom stereocenters. The average Bonchev–Trinajstić information content (AvgIpc) is 2.95. The summed E-state index contributed by atoms with van der Waals surface area (Å²) in [4.78, 5) is 42.7. The Morgan fingerprint density at radius 1 is 1.28 bits per heavy atom. The summed E-state index contributed by atoms with van der Waals surface area (Å²) in [6, 6.07) is 0. The van der Waals surface area contributed by atoms with Crippen LogP contribution in [0.4, 0.5) is 0 Å². The van der Waals surface area contributed by atoms with E-state index in [2.05, 4.69) is 12.6 Å². The molecule has 0 amide bonds. The molecular weight excluding hydrogens is 368 g/mol. The molecule has 9 heteroatoms. The lowest BCUT2D eigenvalue weighted by molar-refractivity contribution is -0.144. The number of carbonyl (C=O) groups excluding carboxylic acids is 2. The Morgan fingerprint density at radius 2 is 1.96 bits per heavy atom. The standard InChI is InChI=1S/C9H14O3S.C7H12O4S/c1-2-12-8(10)4-3-7-5-6-13-9(7)11;8-6(9)2-1-5(3-4-12)7(10)11/h7H,2-6H2,1H3;5,12H,1-4H2,(H,8,9)(H,10,11). The maximum atomic E-state index is 11.2. The van der Waals surface area contributed by atoms with Gasteiger partial charge in [0.05, 0.1) is 12.5 Å². The van der Waals surface area contributed by atoms with Crippen molar-refractivity contribution in [1.29, 1.82) is 0 Å². The number of thioether (sulfide) groups is 1. The molecule has 7 nitrogen and oxygen atoms in total. The van der Waals surface area contributed by atoms with Gasteiger partial charge in [0.25, 0.3) is 0 Å². The van der Waals surface area contributed by atoms with E-state index in [0.29, 0.717) is 31.6 Å². The number of ether oxygens (including phenoxy) is 1. The van der Waals surface area contributed by atoms with Crippen molar-refractivity contribution in [2.75, 3.05) is 18.1 Å². The maximum Gasteiger partial charge on any atom is 0.306 e. The fourth-order valence-electron chi connectivity index (χ4n) is 2.17. The van der Waals surface area contributed by atoms with Crippen molar-refractivity contribution < 1.29 is 34.1 Å². The second kappa shape index (κ2) is 14.0. The van der Waals surface area contributed by atoms with E-state index >= 15 is 0 Å². The fourth-order valence-corrected chi connectivity index (χ4v) is 3.56. The molecule has 1 saturated heterocycles. The normalized spacial score (nSPS) is 17.4. The molecule has 1 rings (SSSR count). The molecule has 1 aliphatic rings. The zero-order valence-electron chi connectivity index (χ0n) is 14.3. The molecule has 25 heavy (non-hydrogen) atoms. The van der Waals surface area contributed by atoms with Gasteiger partial charge >= 0.3 is 17.9 Å². The van der Waals surface area contributed by atoms with Crippen molar-refractivity contribution >= 4 is 47.4 Å². The van der Waals surface area contributed by atoms with Crippen molar-refractivity contribution in [3.05, 3.63) is 0 Å². The number of esters is 1. The Balaban J connectivity index is 0.000000463. The Labute approximate surface area is 157 Å². The van der Waals surface area contributed by atoms with E-state index in [9.17, 15) is 19.2 Å². The third kappa shape index (κ3) is 11.9. The minimum absolute atomic E-state index is 0.0920. The number of carboxylic acids is 2. The first-order valence-electron chi connectivity index (χ1n) is 8.19. The van der Waals surface area contributed by atoms with E-state index in [1.807, 2.05) is 0 Å². The molecule has 1 heterocycles. The number of rotatable bonds is 10. The van der Waals surface area contributed by atoms with Crippen LogP contribution in [0.15, 0.2) is 0 Å². The fraction of sp³-hybridized carbons (Fsp3) is 0.750. The highest BCUT2D eigenvalue weighted by molar-refractivity contribution is 8.14. The van der Waals surface area contributed by atoms with Crippen LogP contribution in [-0.2, 0) is 23.9 Å². The third-order valence-corrected chi connectivity index (χ3v) is 4.90. The van der Waals surface area contributed by atoms with Gasteiger partial charge in [0, 0.05) is 24.5 Å². The first-order chi connectivity index (χ1) is 11.8. The van der Waals surface area contributed by atoms with Crippen LogP contribution >= 0.6 is 24.4 Å². The van der Waals surface area contributed by atoms with Gasteiger partial charge in [0.15, 0.2) is 5.12 Å². The lowest BCUT2D eigenvalue weighted by Crippen LogP contribution is -2.15. The lowest BCUT2D eigenvalue weighted by atomic mass is 10.0. The summed E-state index contributed by atoms with van der Waals surface area (Å²) in [6.07, 6.45) is 2.47. The second-order valence-electron chi connectivity index (χ2n) is 5.48. The van der Waals surface area contributed by atoms with Gasteiger partial charge < -0.3 is 14.9 Å². The van der Waals surface area contributed by atoms with Crippen molar-refractivity contribution in [3.8, 4) is 0 Å². The third-order valence-electron chi connectivity index (χ3n) is 3.58. The molecular formula is C16H26O7S2. The van der Waals surface area contributed by atoms with E-state index in [4.69, 9.17) is 14.9 Å². The van der Waals surface area contributed by atoms with Crippen LogP contribution in [0, 0.1) is 11.8 Å². The SMILES string of the molecule is CCOC(=O)CCC1CCSC1=O.O=C(O)CCC(CCS)C(=O)O. The zero-order valence-corrected chi connectivity index (χ0v) is 16.0. The van der Waals surface area contributed by atoms with Gasteiger partial charge in [-0.25, -0.2) is 0 Å². The molecule has 0 aromatic carbocycles. The first kappa shape index (κ1) is 23.8. The molecule has 1 fully saturated rings. The predicted octanol–water partition coefficient (Wildman–Crippen LogP) is 2.48. The molecule has 0 spiro atoms. The quantitative estimate of drug-likeness (QED) is 0.382. The highest BCUT2D eigenvalue weighted by Gasteiger charge is 2.25. The number of thiol groups is 1. The van der Waals surface area contributed by atoms with Gasteiger partial charge in [-0.15, -0.1) is 0 Å². The smallest absolute Gasteiger partial charge is 0.306 e. The Bertz CT molecular complexity index is 454. The van der Waals surface area contributed by atoms with Crippen LogP contribution in [0.2, 0.25) is 0 Å². The van der Waals surface area contributed by atoms with E-state index < -0.39 is 17.9 Å². The van der Waals surface area contributed by atoms with Crippen LogP contribution in [0.5, 0.6) is 0 Å². The molecule has 2 unspecified atom stereocenters. The van der Waals surface area contributed by atoms with Crippen LogP contribution in [0.1, 0.15) is 45.4 Å². The van der Waals surface area contributed by atoms with Crippen molar-refractivity contribution in [2.24, 2.45) is 11.8 Å². The Hall–Kier alpha value is -1.22. The number of hydrogen-bond acceptors (Lipinski definition) is 7. The summed E-state index contributed by atoms with van der Waals surface area (Å²) in [5.41, 5.74) is 0.